The van der Waals surface area contributed by atoms with Gasteiger partial charge in [0.1, 0.15) is 11.5 Å². The Labute approximate surface area is 142 Å². The van der Waals surface area contributed by atoms with E-state index in [1.54, 1.807) is 7.11 Å². The van der Waals surface area contributed by atoms with Gasteiger partial charge in [-0.15, -0.1) is 0 Å². The number of carbonyl (C=O) groups is 1. The van der Waals surface area contributed by atoms with Gasteiger partial charge in [-0.05, 0) is 52.2 Å². The maximum absolute atomic E-state index is 12.0. The van der Waals surface area contributed by atoms with Crippen molar-refractivity contribution in [1.29, 1.82) is 0 Å². The van der Waals surface area contributed by atoms with Gasteiger partial charge in [0.15, 0.2) is 0 Å². The summed E-state index contributed by atoms with van der Waals surface area (Å²) in [7, 11) is 5.65. The zero-order chi connectivity index (χ0) is 17.5. The summed E-state index contributed by atoms with van der Waals surface area (Å²) < 4.78 is 10.9. The zero-order valence-corrected chi connectivity index (χ0v) is 14.8. The highest BCUT2D eigenvalue weighted by Crippen LogP contribution is 2.25. The van der Waals surface area contributed by atoms with E-state index in [4.69, 9.17) is 9.15 Å². The van der Waals surface area contributed by atoms with Crippen LogP contribution in [0, 0.1) is 6.92 Å². The van der Waals surface area contributed by atoms with Crippen LogP contribution < -0.4 is 10.1 Å². The number of hydrogen-bond acceptors (Lipinski definition) is 5. The molecule has 1 N–H and O–H groups in total. The van der Waals surface area contributed by atoms with Gasteiger partial charge in [0.25, 0.3) is 0 Å². The summed E-state index contributed by atoms with van der Waals surface area (Å²) in [5.41, 5.74) is 1.49. The first-order valence-electron chi connectivity index (χ1n) is 8.01. The van der Waals surface area contributed by atoms with Crippen LogP contribution in [0.4, 0.5) is 0 Å². The fourth-order valence-corrected chi connectivity index (χ4v) is 2.31. The maximum Gasteiger partial charge on any atom is 0.226 e. The minimum Gasteiger partial charge on any atom is -0.497 e. The van der Waals surface area contributed by atoms with Gasteiger partial charge in [-0.25, -0.2) is 4.98 Å². The third-order valence-corrected chi connectivity index (χ3v) is 3.64. The van der Waals surface area contributed by atoms with Gasteiger partial charge < -0.3 is 19.4 Å². The van der Waals surface area contributed by atoms with Gasteiger partial charge in [0.2, 0.25) is 11.8 Å². The number of ether oxygens (including phenoxy) is 1. The molecule has 24 heavy (non-hydrogen) atoms. The molecular formula is C18H25N3O3. The molecule has 1 heterocycles. The number of benzene rings is 1. The highest BCUT2D eigenvalue weighted by Gasteiger charge is 2.15. The first-order chi connectivity index (χ1) is 11.5. The molecule has 0 spiro atoms. The molecule has 0 atom stereocenters. The van der Waals surface area contributed by atoms with Crippen LogP contribution in [0.25, 0.3) is 11.5 Å². The average Bonchev–Trinajstić information content (AvgIpc) is 2.92. The molecule has 0 aliphatic heterocycles. The molecule has 130 valence electrons. The molecule has 0 saturated heterocycles. The third kappa shape index (κ3) is 5.09. The minimum absolute atomic E-state index is 0.0395. The Morgan fingerprint density at radius 3 is 2.88 bits per heavy atom. The van der Waals surface area contributed by atoms with Crippen molar-refractivity contribution in [2.45, 2.75) is 19.8 Å². The number of nitrogens with one attached hydrogen (secondary N) is 1. The highest BCUT2D eigenvalue weighted by atomic mass is 16.5. The van der Waals surface area contributed by atoms with Crippen molar-refractivity contribution in [3.8, 4) is 17.2 Å². The second-order valence-electron chi connectivity index (χ2n) is 5.94. The van der Waals surface area contributed by atoms with E-state index >= 15 is 0 Å². The SMILES string of the molecule is COc1cccc(-c2nc(CC(=O)NCCCN(C)C)c(C)o2)c1. The Bertz CT molecular complexity index is 680. The van der Waals surface area contributed by atoms with E-state index < -0.39 is 0 Å². The number of aryl methyl sites for hydroxylation is 1. The number of aromatic nitrogens is 1. The lowest BCUT2D eigenvalue weighted by Gasteiger charge is -2.09. The summed E-state index contributed by atoms with van der Waals surface area (Å²) >= 11 is 0. The van der Waals surface area contributed by atoms with E-state index in [1.165, 1.54) is 0 Å². The second kappa shape index (κ2) is 8.49. The molecule has 0 aliphatic carbocycles. The van der Waals surface area contributed by atoms with Crippen LogP contribution in [0.3, 0.4) is 0 Å². The van der Waals surface area contributed by atoms with Crippen molar-refractivity contribution >= 4 is 5.91 Å². The quantitative estimate of drug-likeness (QED) is 0.752. The molecule has 6 nitrogen and oxygen atoms in total. The summed E-state index contributed by atoms with van der Waals surface area (Å²) in [6, 6.07) is 7.50. The maximum atomic E-state index is 12.0. The van der Waals surface area contributed by atoms with Gasteiger partial charge in [0, 0.05) is 12.1 Å². The largest absolute Gasteiger partial charge is 0.497 e. The Hall–Kier alpha value is -2.34. The minimum atomic E-state index is -0.0395. The zero-order valence-electron chi connectivity index (χ0n) is 14.8. The van der Waals surface area contributed by atoms with E-state index in [1.807, 2.05) is 45.3 Å². The van der Waals surface area contributed by atoms with Gasteiger partial charge >= 0.3 is 0 Å². The van der Waals surface area contributed by atoms with Gasteiger partial charge in [-0.2, -0.15) is 0 Å². The number of nitrogens with zero attached hydrogens (tertiary/aromatic N) is 2. The second-order valence-corrected chi connectivity index (χ2v) is 5.94. The molecule has 2 rings (SSSR count). The van der Waals surface area contributed by atoms with Crippen LogP contribution in [0.5, 0.6) is 5.75 Å². The molecule has 0 radical (unpaired) electrons. The lowest BCUT2D eigenvalue weighted by atomic mass is 10.2. The van der Waals surface area contributed by atoms with E-state index in [9.17, 15) is 4.79 Å². The van der Waals surface area contributed by atoms with E-state index in [0.29, 0.717) is 23.9 Å². The molecule has 0 aliphatic rings. The molecule has 1 amide bonds. The van der Waals surface area contributed by atoms with Gasteiger partial charge in [-0.1, -0.05) is 6.07 Å². The summed E-state index contributed by atoms with van der Waals surface area (Å²) in [4.78, 5) is 18.6. The van der Waals surface area contributed by atoms with Crippen LogP contribution in [0.15, 0.2) is 28.7 Å². The predicted octanol–water partition coefficient (Wildman–Crippen LogP) is 2.27. The number of hydrogen-bond donors (Lipinski definition) is 1. The van der Waals surface area contributed by atoms with Crippen molar-refractivity contribution in [3.63, 3.8) is 0 Å². The normalized spacial score (nSPS) is 10.9. The molecule has 0 bridgehead atoms. The van der Waals surface area contributed by atoms with Crippen molar-refractivity contribution in [2.24, 2.45) is 0 Å². The molecule has 1 aromatic heterocycles. The standard InChI is InChI=1S/C18H25N3O3/c1-13-16(12-17(22)19-9-6-10-21(2)3)20-18(24-13)14-7-5-8-15(11-14)23-4/h5,7-8,11H,6,9-10,12H2,1-4H3,(H,19,22). The number of amides is 1. The van der Waals surface area contributed by atoms with Crippen LogP contribution in [-0.2, 0) is 11.2 Å². The first kappa shape index (κ1) is 18.0. The Kier molecular flexibility index (Phi) is 6.37. The molecule has 1 aromatic carbocycles. The lowest BCUT2D eigenvalue weighted by Crippen LogP contribution is -2.28. The lowest BCUT2D eigenvalue weighted by molar-refractivity contribution is -0.120. The molecule has 0 unspecified atom stereocenters. The Morgan fingerprint density at radius 2 is 2.17 bits per heavy atom. The molecule has 0 fully saturated rings. The number of methoxy groups -OCH3 is 1. The topological polar surface area (TPSA) is 67.6 Å². The summed E-state index contributed by atoms with van der Waals surface area (Å²) in [5.74, 6) is 1.86. The summed E-state index contributed by atoms with van der Waals surface area (Å²) in [6.07, 6.45) is 1.15. The van der Waals surface area contributed by atoms with E-state index in [2.05, 4.69) is 15.2 Å². The highest BCUT2D eigenvalue weighted by molar-refractivity contribution is 5.78. The fourth-order valence-electron chi connectivity index (χ4n) is 2.31. The van der Waals surface area contributed by atoms with E-state index in [-0.39, 0.29) is 12.3 Å². The summed E-state index contributed by atoms with van der Waals surface area (Å²) in [6.45, 7) is 3.44. The monoisotopic (exact) mass is 331 g/mol. The number of carbonyl (C=O) groups excluding carboxylic acids is 1. The van der Waals surface area contributed by atoms with Crippen molar-refractivity contribution in [3.05, 3.63) is 35.7 Å². The fraction of sp³-hybridized carbons (Fsp3) is 0.444. The Morgan fingerprint density at radius 1 is 1.38 bits per heavy atom. The number of oxazole rings is 1. The average molecular weight is 331 g/mol. The number of rotatable bonds is 8. The van der Waals surface area contributed by atoms with Crippen molar-refractivity contribution in [2.75, 3.05) is 34.3 Å². The Balaban J connectivity index is 1.97. The molecule has 6 heteroatoms. The first-order valence-corrected chi connectivity index (χ1v) is 8.01. The van der Waals surface area contributed by atoms with Crippen LogP contribution in [0.2, 0.25) is 0 Å². The van der Waals surface area contributed by atoms with Gasteiger partial charge in [-0.3, -0.25) is 4.79 Å². The van der Waals surface area contributed by atoms with Crippen LogP contribution in [0.1, 0.15) is 17.9 Å². The summed E-state index contributed by atoms with van der Waals surface area (Å²) in [5, 5.41) is 2.91. The van der Waals surface area contributed by atoms with Crippen molar-refractivity contribution < 1.29 is 13.9 Å². The smallest absolute Gasteiger partial charge is 0.226 e. The molecular weight excluding hydrogens is 306 g/mol. The van der Waals surface area contributed by atoms with Crippen LogP contribution >= 0.6 is 0 Å². The third-order valence-electron chi connectivity index (χ3n) is 3.64. The molecule has 0 saturated carbocycles. The molecule has 2 aromatic rings. The van der Waals surface area contributed by atoms with Gasteiger partial charge in [0.05, 0.1) is 19.2 Å². The van der Waals surface area contributed by atoms with Crippen LogP contribution in [-0.4, -0.2) is 50.1 Å². The van der Waals surface area contributed by atoms with Crippen molar-refractivity contribution in [1.82, 2.24) is 15.2 Å². The van der Waals surface area contributed by atoms with E-state index in [0.717, 1.165) is 24.3 Å². The predicted molar refractivity (Wildman–Crippen MR) is 93.1 cm³/mol.